The van der Waals surface area contributed by atoms with Crippen molar-refractivity contribution in [3.63, 3.8) is 0 Å². The van der Waals surface area contributed by atoms with Gasteiger partial charge >= 0.3 is 0 Å². The predicted molar refractivity (Wildman–Crippen MR) is 143 cm³/mol. The number of sulfonamides is 1. The zero-order valence-electron chi connectivity index (χ0n) is 19.7. The second kappa shape index (κ2) is 10.9. The van der Waals surface area contributed by atoms with Gasteiger partial charge in [-0.15, -0.1) is 0 Å². The third-order valence-corrected chi connectivity index (χ3v) is 8.44. The number of rotatable bonds is 8. The Kier molecular flexibility index (Phi) is 7.62. The molecule has 0 atom stereocenters. The number of fused-ring (bicyclic) bond motifs is 1. The predicted octanol–water partition coefficient (Wildman–Crippen LogP) is 7.32. The number of hydrogen-bond donors (Lipinski definition) is 2. The lowest BCUT2D eigenvalue weighted by molar-refractivity contribution is -0.00725. The molecule has 2 N–H and O–H groups in total. The van der Waals surface area contributed by atoms with Crippen molar-refractivity contribution in [2.45, 2.75) is 49.4 Å². The van der Waals surface area contributed by atoms with E-state index in [2.05, 4.69) is 9.71 Å². The fraction of sp³-hybridized carbons (Fsp3) is 0.259. The summed E-state index contributed by atoms with van der Waals surface area (Å²) in [5.74, 6) is -1.03. The molecule has 4 aromatic rings. The minimum absolute atomic E-state index is 0.0966. The van der Waals surface area contributed by atoms with E-state index >= 15 is 4.39 Å². The maximum absolute atomic E-state index is 15.4. The first-order valence-electron chi connectivity index (χ1n) is 11.9. The largest absolute Gasteiger partial charge is 0.487 e. The van der Waals surface area contributed by atoms with E-state index in [1.165, 1.54) is 36.5 Å². The molecule has 0 spiro atoms. The van der Waals surface area contributed by atoms with Gasteiger partial charge in [0.05, 0.1) is 40.1 Å². The van der Waals surface area contributed by atoms with Crippen LogP contribution in [-0.4, -0.2) is 25.6 Å². The average molecular weight is 563 g/mol. The number of nitrogens with one attached hydrogen (secondary N) is 2. The van der Waals surface area contributed by atoms with Gasteiger partial charge < -0.3 is 14.5 Å². The van der Waals surface area contributed by atoms with Crippen molar-refractivity contribution in [3.05, 3.63) is 88.3 Å². The minimum Gasteiger partial charge on any atom is -0.487 e. The molecule has 1 aliphatic rings. The third-order valence-electron chi connectivity index (χ3n) is 6.44. The monoisotopic (exact) mass is 562 g/mol. The summed E-state index contributed by atoms with van der Waals surface area (Å²) in [6.45, 7) is 0.549. The van der Waals surface area contributed by atoms with Crippen LogP contribution in [0.5, 0.6) is 5.75 Å². The third kappa shape index (κ3) is 5.72. The Labute approximate surface area is 224 Å². The fourth-order valence-corrected chi connectivity index (χ4v) is 6.25. The summed E-state index contributed by atoms with van der Waals surface area (Å²) in [6.07, 6.45) is 4.32. The van der Waals surface area contributed by atoms with Crippen LogP contribution in [-0.2, 0) is 21.4 Å². The molecule has 1 aromatic heterocycles. The maximum atomic E-state index is 15.4. The fourth-order valence-electron chi connectivity index (χ4n) is 4.53. The number of H-pyrrole nitrogens is 1. The van der Waals surface area contributed by atoms with Crippen LogP contribution in [0, 0.1) is 5.82 Å². The molecule has 0 unspecified atom stereocenters. The smallest absolute Gasteiger partial charge is 0.265 e. The van der Waals surface area contributed by atoms with E-state index < -0.39 is 20.7 Å². The molecule has 0 radical (unpaired) electrons. The highest BCUT2D eigenvalue weighted by molar-refractivity contribution is 7.92. The number of anilines is 1. The van der Waals surface area contributed by atoms with Crippen molar-refractivity contribution in [2.75, 3.05) is 4.72 Å². The van der Waals surface area contributed by atoms with Crippen LogP contribution in [0.4, 0.5) is 10.1 Å². The zero-order valence-corrected chi connectivity index (χ0v) is 22.0. The first-order valence-corrected chi connectivity index (χ1v) is 14.1. The molecule has 0 amide bonds. The summed E-state index contributed by atoms with van der Waals surface area (Å²) < 4.78 is 56.0. The molecular formula is C27H25Cl2FN2O4S. The molecule has 0 bridgehead atoms. The molecule has 1 aliphatic carbocycles. The maximum Gasteiger partial charge on any atom is 0.265 e. The van der Waals surface area contributed by atoms with Crippen LogP contribution in [0.3, 0.4) is 0 Å². The van der Waals surface area contributed by atoms with Gasteiger partial charge in [0.1, 0.15) is 4.90 Å². The van der Waals surface area contributed by atoms with E-state index in [0.29, 0.717) is 40.4 Å². The number of aromatic amines is 1. The Morgan fingerprint density at radius 1 is 0.919 bits per heavy atom. The molecule has 1 heterocycles. The van der Waals surface area contributed by atoms with Crippen molar-refractivity contribution in [2.24, 2.45) is 0 Å². The van der Waals surface area contributed by atoms with Crippen molar-refractivity contribution in [1.82, 2.24) is 4.98 Å². The topological polar surface area (TPSA) is 80.4 Å². The molecule has 1 saturated carbocycles. The summed E-state index contributed by atoms with van der Waals surface area (Å²) in [5.41, 5.74) is 1.72. The average Bonchev–Trinajstić information content (AvgIpc) is 3.29. The van der Waals surface area contributed by atoms with Gasteiger partial charge in [-0.2, -0.15) is 0 Å². The SMILES string of the molecule is O=S(=O)(Nc1ccc(Cl)c2c(Cl)c[nH]c12)c1cccc(OC2CCC(OCc3ccccc3)CC2)c1F. The molecule has 6 nitrogen and oxygen atoms in total. The summed E-state index contributed by atoms with van der Waals surface area (Å²) >= 11 is 12.3. The Morgan fingerprint density at radius 2 is 1.65 bits per heavy atom. The van der Waals surface area contributed by atoms with E-state index in [9.17, 15) is 8.42 Å². The number of halogens is 3. The van der Waals surface area contributed by atoms with Crippen molar-refractivity contribution >= 4 is 49.8 Å². The van der Waals surface area contributed by atoms with Gasteiger partial charge in [-0.05, 0) is 55.5 Å². The molecule has 3 aromatic carbocycles. The zero-order chi connectivity index (χ0) is 26.0. The summed E-state index contributed by atoms with van der Waals surface area (Å²) in [6, 6.07) is 17.1. The van der Waals surface area contributed by atoms with Gasteiger partial charge in [0.15, 0.2) is 11.6 Å². The summed E-state index contributed by atoms with van der Waals surface area (Å²) in [4.78, 5) is 2.39. The van der Waals surface area contributed by atoms with Crippen molar-refractivity contribution in [3.8, 4) is 5.75 Å². The highest BCUT2D eigenvalue weighted by Gasteiger charge is 2.27. The van der Waals surface area contributed by atoms with Crippen LogP contribution in [0.25, 0.3) is 10.9 Å². The lowest BCUT2D eigenvalue weighted by atomic mass is 9.95. The van der Waals surface area contributed by atoms with Gasteiger partial charge in [0.25, 0.3) is 10.0 Å². The lowest BCUT2D eigenvalue weighted by Crippen LogP contribution is -2.28. The van der Waals surface area contributed by atoms with Crippen molar-refractivity contribution in [1.29, 1.82) is 0 Å². The Hall–Kier alpha value is -2.78. The molecule has 0 saturated heterocycles. The molecular weight excluding hydrogens is 538 g/mol. The quantitative estimate of drug-likeness (QED) is 0.235. The molecule has 5 rings (SSSR count). The van der Waals surface area contributed by atoms with E-state index in [1.807, 2.05) is 30.3 Å². The molecule has 10 heteroatoms. The van der Waals surface area contributed by atoms with Gasteiger partial charge in [0.2, 0.25) is 0 Å². The Bertz CT molecular complexity index is 1500. The van der Waals surface area contributed by atoms with E-state index in [1.54, 1.807) is 0 Å². The lowest BCUT2D eigenvalue weighted by Gasteiger charge is -2.29. The number of aromatic nitrogens is 1. The van der Waals surface area contributed by atoms with Gasteiger partial charge in [-0.25, -0.2) is 12.8 Å². The van der Waals surface area contributed by atoms with Crippen LogP contribution in [0.2, 0.25) is 10.0 Å². The van der Waals surface area contributed by atoms with Crippen LogP contribution < -0.4 is 9.46 Å². The highest BCUT2D eigenvalue weighted by Crippen LogP contribution is 2.36. The first-order chi connectivity index (χ1) is 17.8. The summed E-state index contributed by atoms with van der Waals surface area (Å²) in [5, 5.41) is 1.19. The summed E-state index contributed by atoms with van der Waals surface area (Å²) in [7, 11) is -4.28. The number of ether oxygens (including phenoxy) is 2. The molecule has 1 fully saturated rings. The highest BCUT2D eigenvalue weighted by atomic mass is 35.5. The van der Waals surface area contributed by atoms with E-state index in [0.717, 1.165) is 18.4 Å². The van der Waals surface area contributed by atoms with Crippen LogP contribution >= 0.6 is 23.2 Å². The van der Waals surface area contributed by atoms with Crippen molar-refractivity contribution < 1.29 is 22.3 Å². The van der Waals surface area contributed by atoms with E-state index in [-0.39, 0.29) is 23.6 Å². The molecule has 194 valence electrons. The Morgan fingerprint density at radius 3 is 2.41 bits per heavy atom. The van der Waals surface area contributed by atoms with E-state index in [4.69, 9.17) is 32.7 Å². The standard InChI is InChI=1S/C27H25Cl2FN2O4S/c28-20-13-14-22(27-25(20)21(29)15-31-27)32-37(33,34)24-8-4-7-23(26(24)30)36-19-11-9-18(10-12-19)35-16-17-5-2-1-3-6-17/h1-8,13-15,18-19,31-32H,9-12,16H2. The second-order valence-electron chi connectivity index (χ2n) is 8.97. The van der Waals surface area contributed by atoms with Gasteiger partial charge in [0, 0.05) is 11.6 Å². The molecule has 37 heavy (non-hydrogen) atoms. The number of hydrogen-bond acceptors (Lipinski definition) is 4. The Balaban J connectivity index is 1.25. The number of benzene rings is 3. The molecule has 0 aliphatic heterocycles. The minimum atomic E-state index is -4.28. The van der Waals surface area contributed by atoms with Crippen LogP contribution in [0.15, 0.2) is 71.8 Å². The van der Waals surface area contributed by atoms with Gasteiger partial charge in [-0.1, -0.05) is 59.6 Å². The van der Waals surface area contributed by atoms with Gasteiger partial charge in [-0.3, -0.25) is 4.72 Å². The normalized spacial score (nSPS) is 18.1. The van der Waals surface area contributed by atoms with Crippen LogP contribution in [0.1, 0.15) is 31.2 Å². The second-order valence-corrected chi connectivity index (χ2v) is 11.4. The first kappa shape index (κ1) is 25.9.